The maximum absolute atomic E-state index is 13.4. The first-order valence-electron chi connectivity index (χ1n) is 5.05. The second-order valence-corrected chi connectivity index (χ2v) is 3.42. The molecule has 6 heteroatoms. The Morgan fingerprint density at radius 2 is 2.18 bits per heavy atom. The van der Waals surface area contributed by atoms with Crippen LogP contribution in [-0.2, 0) is 16.0 Å². The van der Waals surface area contributed by atoms with E-state index in [9.17, 15) is 18.0 Å². The fraction of sp³-hybridized carbons (Fsp3) is 0.455. The normalized spacial score (nSPS) is 10.7. The van der Waals surface area contributed by atoms with Gasteiger partial charge in [-0.15, -0.1) is 0 Å². The SMILES string of the molecule is CCOC(=O)Cc1c(C)cc(C(F)F)nc1F. The van der Waals surface area contributed by atoms with Gasteiger partial charge in [-0.1, -0.05) is 0 Å². The molecule has 0 spiro atoms. The molecule has 0 aromatic carbocycles. The van der Waals surface area contributed by atoms with Gasteiger partial charge in [0.15, 0.2) is 0 Å². The Morgan fingerprint density at radius 3 is 2.65 bits per heavy atom. The second kappa shape index (κ2) is 5.65. The van der Waals surface area contributed by atoms with Crippen molar-refractivity contribution in [3.63, 3.8) is 0 Å². The highest BCUT2D eigenvalue weighted by Gasteiger charge is 2.18. The summed E-state index contributed by atoms with van der Waals surface area (Å²) in [6.07, 6.45) is -3.14. The van der Waals surface area contributed by atoms with E-state index in [0.29, 0.717) is 0 Å². The Labute approximate surface area is 96.6 Å². The maximum atomic E-state index is 13.4. The van der Waals surface area contributed by atoms with Crippen LogP contribution in [0.25, 0.3) is 0 Å². The van der Waals surface area contributed by atoms with Crippen molar-refractivity contribution in [3.05, 3.63) is 28.8 Å². The summed E-state index contributed by atoms with van der Waals surface area (Å²) in [4.78, 5) is 14.3. The zero-order valence-electron chi connectivity index (χ0n) is 9.47. The molecule has 0 N–H and O–H groups in total. The lowest BCUT2D eigenvalue weighted by molar-refractivity contribution is -0.142. The highest BCUT2D eigenvalue weighted by Crippen LogP contribution is 2.21. The smallest absolute Gasteiger partial charge is 0.310 e. The van der Waals surface area contributed by atoms with Crippen molar-refractivity contribution in [2.75, 3.05) is 6.61 Å². The summed E-state index contributed by atoms with van der Waals surface area (Å²) in [5.74, 6) is -1.66. The van der Waals surface area contributed by atoms with Crippen LogP contribution in [0.1, 0.15) is 30.2 Å². The van der Waals surface area contributed by atoms with Crippen LogP contribution in [0.15, 0.2) is 6.07 Å². The molecule has 94 valence electrons. The zero-order chi connectivity index (χ0) is 13.0. The molecule has 3 nitrogen and oxygen atoms in total. The van der Waals surface area contributed by atoms with Crippen molar-refractivity contribution in [2.24, 2.45) is 0 Å². The molecule has 0 saturated carbocycles. The largest absolute Gasteiger partial charge is 0.466 e. The number of rotatable bonds is 4. The molecule has 0 unspecified atom stereocenters. The van der Waals surface area contributed by atoms with E-state index in [1.807, 2.05) is 0 Å². The minimum absolute atomic E-state index is 0.00662. The van der Waals surface area contributed by atoms with Gasteiger partial charge >= 0.3 is 5.97 Å². The zero-order valence-corrected chi connectivity index (χ0v) is 9.47. The number of ether oxygens (including phenoxy) is 1. The van der Waals surface area contributed by atoms with Crippen LogP contribution in [0.3, 0.4) is 0 Å². The first-order valence-corrected chi connectivity index (χ1v) is 5.05. The summed E-state index contributed by atoms with van der Waals surface area (Å²) < 4.78 is 42.7. The number of esters is 1. The van der Waals surface area contributed by atoms with Gasteiger partial charge in [0, 0.05) is 5.56 Å². The number of carbonyl (C=O) groups excluding carboxylic acids is 1. The first kappa shape index (κ1) is 13.5. The summed E-state index contributed by atoms with van der Waals surface area (Å²) in [7, 11) is 0. The molecule has 0 aliphatic carbocycles. The molecular weight excluding hydrogens is 235 g/mol. The number of halogens is 3. The van der Waals surface area contributed by atoms with Crippen molar-refractivity contribution in [3.8, 4) is 0 Å². The Kier molecular flexibility index (Phi) is 4.48. The van der Waals surface area contributed by atoms with Crippen LogP contribution in [0.2, 0.25) is 0 Å². The van der Waals surface area contributed by atoms with Crippen LogP contribution in [0, 0.1) is 12.9 Å². The van der Waals surface area contributed by atoms with Gasteiger partial charge in [0.05, 0.1) is 13.0 Å². The van der Waals surface area contributed by atoms with Gasteiger partial charge in [-0.3, -0.25) is 4.79 Å². The fourth-order valence-corrected chi connectivity index (χ4v) is 1.37. The van der Waals surface area contributed by atoms with Crippen molar-refractivity contribution < 1.29 is 22.7 Å². The number of alkyl halides is 2. The monoisotopic (exact) mass is 247 g/mol. The Bertz CT molecular complexity index is 398. The number of aromatic nitrogens is 1. The van der Waals surface area contributed by atoms with E-state index >= 15 is 0 Å². The van der Waals surface area contributed by atoms with Crippen molar-refractivity contribution >= 4 is 5.97 Å². The highest BCUT2D eigenvalue weighted by molar-refractivity contribution is 5.73. The molecule has 0 aliphatic heterocycles. The van der Waals surface area contributed by atoms with E-state index in [2.05, 4.69) is 9.72 Å². The number of hydrogen-bond acceptors (Lipinski definition) is 3. The van der Waals surface area contributed by atoms with E-state index in [0.717, 1.165) is 6.07 Å². The lowest BCUT2D eigenvalue weighted by Gasteiger charge is -2.08. The summed E-state index contributed by atoms with van der Waals surface area (Å²) in [5.41, 5.74) is -0.374. The Hall–Kier alpha value is -1.59. The van der Waals surface area contributed by atoms with Crippen molar-refractivity contribution in [2.45, 2.75) is 26.7 Å². The number of carbonyl (C=O) groups is 1. The summed E-state index contributed by atoms with van der Waals surface area (Å²) >= 11 is 0. The van der Waals surface area contributed by atoms with Gasteiger partial charge in [-0.25, -0.2) is 13.8 Å². The van der Waals surface area contributed by atoms with E-state index in [1.54, 1.807) is 6.92 Å². The van der Waals surface area contributed by atoms with E-state index in [1.165, 1.54) is 6.92 Å². The molecule has 0 amide bonds. The number of pyridine rings is 1. The lowest BCUT2D eigenvalue weighted by Crippen LogP contribution is -2.12. The molecule has 0 atom stereocenters. The molecule has 0 fully saturated rings. The third-order valence-electron chi connectivity index (χ3n) is 2.17. The molecule has 0 bridgehead atoms. The number of nitrogens with zero attached hydrogens (tertiary/aromatic N) is 1. The third-order valence-corrected chi connectivity index (χ3v) is 2.17. The maximum Gasteiger partial charge on any atom is 0.310 e. The van der Waals surface area contributed by atoms with Crippen LogP contribution in [0.4, 0.5) is 13.2 Å². The standard InChI is InChI=1S/C11H12F3NO2/c1-3-17-9(16)5-7-6(2)4-8(10(12)13)15-11(7)14/h4,10H,3,5H2,1-2H3. The summed E-state index contributed by atoms with van der Waals surface area (Å²) in [5, 5.41) is 0. The van der Waals surface area contributed by atoms with Gasteiger partial charge in [0.1, 0.15) is 5.69 Å². The molecule has 1 aromatic heterocycles. The van der Waals surface area contributed by atoms with E-state index in [4.69, 9.17) is 0 Å². The third kappa shape index (κ3) is 3.44. The van der Waals surface area contributed by atoms with Crippen LogP contribution in [0.5, 0.6) is 0 Å². The molecule has 1 aromatic rings. The molecule has 1 rings (SSSR count). The summed E-state index contributed by atoms with van der Waals surface area (Å²) in [6.45, 7) is 3.26. The Morgan fingerprint density at radius 1 is 1.53 bits per heavy atom. The van der Waals surface area contributed by atoms with Crippen LogP contribution >= 0.6 is 0 Å². The topological polar surface area (TPSA) is 39.2 Å². The predicted octanol–water partition coefficient (Wildman–Crippen LogP) is 2.57. The van der Waals surface area contributed by atoms with Crippen molar-refractivity contribution in [1.29, 1.82) is 0 Å². The van der Waals surface area contributed by atoms with E-state index < -0.39 is 24.0 Å². The predicted molar refractivity (Wildman–Crippen MR) is 54.2 cm³/mol. The minimum Gasteiger partial charge on any atom is -0.466 e. The van der Waals surface area contributed by atoms with Crippen LogP contribution < -0.4 is 0 Å². The quantitative estimate of drug-likeness (QED) is 0.606. The first-order chi connectivity index (χ1) is 7.95. The fourth-order valence-electron chi connectivity index (χ4n) is 1.37. The number of hydrogen-bond donors (Lipinski definition) is 0. The minimum atomic E-state index is -2.83. The van der Waals surface area contributed by atoms with Gasteiger partial charge in [-0.05, 0) is 25.5 Å². The summed E-state index contributed by atoms with van der Waals surface area (Å²) in [6, 6.07) is 1.07. The van der Waals surface area contributed by atoms with Crippen LogP contribution in [-0.4, -0.2) is 17.6 Å². The molecular formula is C11H12F3NO2. The van der Waals surface area contributed by atoms with Gasteiger partial charge in [0.25, 0.3) is 6.43 Å². The molecule has 0 aliphatic rings. The van der Waals surface area contributed by atoms with Gasteiger partial charge in [0.2, 0.25) is 5.95 Å². The molecule has 17 heavy (non-hydrogen) atoms. The molecule has 0 saturated heterocycles. The van der Waals surface area contributed by atoms with Gasteiger partial charge < -0.3 is 4.74 Å². The highest BCUT2D eigenvalue weighted by atomic mass is 19.3. The average Bonchev–Trinajstić information content (AvgIpc) is 2.23. The second-order valence-electron chi connectivity index (χ2n) is 3.42. The van der Waals surface area contributed by atoms with E-state index in [-0.39, 0.29) is 24.2 Å². The number of aryl methyl sites for hydroxylation is 1. The Balaban J connectivity index is 2.97. The average molecular weight is 247 g/mol. The van der Waals surface area contributed by atoms with Gasteiger partial charge in [-0.2, -0.15) is 4.39 Å². The lowest BCUT2D eigenvalue weighted by atomic mass is 10.1. The van der Waals surface area contributed by atoms with Crippen molar-refractivity contribution in [1.82, 2.24) is 4.98 Å². The molecule has 0 radical (unpaired) electrons. The molecule has 1 heterocycles.